The van der Waals surface area contributed by atoms with Gasteiger partial charge in [0, 0.05) is 38.5 Å². The molecule has 0 bridgehead atoms. The molecule has 1 atom stereocenters. The molecular formula is C20H26N6O. The van der Waals surface area contributed by atoms with Gasteiger partial charge in [-0.1, -0.05) is 18.2 Å². The van der Waals surface area contributed by atoms with Crippen molar-refractivity contribution in [2.45, 2.75) is 13.0 Å². The smallest absolute Gasteiger partial charge is 0.246 e. The summed E-state index contributed by atoms with van der Waals surface area (Å²) in [5.74, 6) is 0.559. The van der Waals surface area contributed by atoms with Gasteiger partial charge in [-0.3, -0.25) is 0 Å². The molecule has 3 aromatic rings. The number of nitrogens with zero attached hydrogens (tertiary/aromatic N) is 4. The molecule has 142 valence electrons. The molecule has 0 saturated carbocycles. The number of nitrogens with one attached hydrogen (secondary N) is 2. The maximum Gasteiger partial charge on any atom is 0.246 e. The normalized spacial score (nSPS) is 17.1. The molecule has 2 heterocycles. The number of hydrogen-bond donors (Lipinski definition) is 3. The number of rotatable bonds is 5. The van der Waals surface area contributed by atoms with Crippen LogP contribution in [0.25, 0.3) is 5.69 Å². The number of aliphatic hydroxyl groups is 1. The van der Waals surface area contributed by atoms with Gasteiger partial charge in [-0.05, 0) is 42.8 Å². The summed E-state index contributed by atoms with van der Waals surface area (Å²) in [6.07, 6.45) is 1.70. The van der Waals surface area contributed by atoms with Crippen LogP contribution in [0.3, 0.4) is 0 Å². The van der Waals surface area contributed by atoms with Gasteiger partial charge in [0.1, 0.15) is 6.33 Å². The second-order valence-corrected chi connectivity index (χ2v) is 6.81. The fourth-order valence-corrected chi connectivity index (χ4v) is 3.35. The summed E-state index contributed by atoms with van der Waals surface area (Å²) in [6, 6.07) is 16.4. The van der Waals surface area contributed by atoms with Crippen LogP contribution in [-0.2, 0) is 0 Å². The highest BCUT2D eigenvalue weighted by molar-refractivity contribution is 5.64. The molecule has 0 aliphatic carbocycles. The predicted octanol–water partition coefficient (Wildman–Crippen LogP) is 2.34. The largest absolute Gasteiger partial charge is 0.395 e. The molecule has 1 unspecified atom stereocenters. The summed E-state index contributed by atoms with van der Waals surface area (Å²) in [4.78, 5) is 6.67. The zero-order valence-corrected chi connectivity index (χ0v) is 15.3. The van der Waals surface area contributed by atoms with Crippen molar-refractivity contribution >= 4 is 17.3 Å². The summed E-state index contributed by atoms with van der Waals surface area (Å²) in [5, 5.41) is 20.6. The molecule has 0 amide bonds. The van der Waals surface area contributed by atoms with E-state index in [1.807, 2.05) is 30.3 Å². The third-order valence-electron chi connectivity index (χ3n) is 4.67. The minimum atomic E-state index is 0. The number of anilines is 3. The number of piperazine rings is 1. The van der Waals surface area contributed by atoms with Crippen LogP contribution >= 0.6 is 0 Å². The molecule has 2 aromatic carbocycles. The first-order valence-corrected chi connectivity index (χ1v) is 9.16. The Morgan fingerprint density at radius 1 is 1.22 bits per heavy atom. The molecule has 1 saturated heterocycles. The van der Waals surface area contributed by atoms with Gasteiger partial charge in [0.25, 0.3) is 0 Å². The first kappa shape index (κ1) is 17.5. The first-order valence-electron chi connectivity index (χ1n) is 9.16. The first-order chi connectivity index (χ1) is 13.2. The lowest BCUT2D eigenvalue weighted by atomic mass is 10.1. The van der Waals surface area contributed by atoms with Crippen molar-refractivity contribution in [1.29, 1.82) is 0 Å². The van der Waals surface area contributed by atoms with E-state index in [1.54, 1.807) is 11.0 Å². The van der Waals surface area contributed by atoms with Crippen molar-refractivity contribution in [2.24, 2.45) is 0 Å². The molecule has 0 radical (unpaired) electrons. The van der Waals surface area contributed by atoms with Gasteiger partial charge in [0.05, 0.1) is 12.3 Å². The second kappa shape index (κ2) is 7.77. The Labute approximate surface area is 160 Å². The zero-order chi connectivity index (χ0) is 18.6. The standard InChI is InChI=1S/C20H24N6O.H2/c1-15-9-16(11-19(10-15)25-8-7-21-17(12-25)13-27)23-20-22-14-26(24-20)18-5-3-2-4-6-18;/h2-6,9-11,14,17,21,27H,7-8,12-13H2,1H3,(H,23,24);1H. The van der Waals surface area contributed by atoms with Crippen LogP contribution in [0.15, 0.2) is 54.9 Å². The minimum absolute atomic E-state index is 0. The molecule has 4 rings (SSSR count). The SMILES string of the molecule is Cc1cc(Nc2ncn(-c3ccccc3)n2)cc(N2CCNC(CO)C2)c1.[HH]. The van der Waals surface area contributed by atoms with Crippen LogP contribution in [0, 0.1) is 6.92 Å². The van der Waals surface area contributed by atoms with Crippen molar-refractivity contribution < 1.29 is 6.53 Å². The number of aliphatic hydroxyl groups excluding tert-OH is 1. The van der Waals surface area contributed by atoms with Crippen LogP contribution in [0.2, 0.25) is 0 Å². The van der Waals surface area contributed by atoms with E-state index in [1.165, 1.54) is 0 Å². The summed E-state index contributed by atoms with van der Waals surface area (Å²) < 4.78 is 1.75. The molecule has 1 aromatic heterocycles. The van der Waals surface area contributed by atoms with Crippen molar-refractivity contribution in [1.82, 2.24) is 20.1 Å². The van der Waals surface area contributed by atoms with Crippen LogP contribution in [0.4, 0.5) is 17.3 Å². The van der Waals surface area contributed by atoms with E-state index in [4.69, 9.17) is 0 Å². The molecule has 1 aliphatic heterocycles. The van der Waals surface area contributed by atoms with E-state index in [0.29, 0.717) is 5.95 Å². The third-order valence-corrected chi connectivity index (χ3v) is 4.67. The molecule has 1 aliphatic rings. The second-order valence-electron chi connectivity index (χ2n) is 6.81. The summed E-state index contributed by atoms with van der Waals surface area (Å²) in [5.41, 5.74) is 4.23. The summed E-state index contributed by atoms with van der Waals surface area (Å²) in [6.45, 7) is 4.80. The Morgan fingerprint density at radius 3 is 2.89 bits per heavy atom. The summed E-state index contributed by atoms with van der Waals surface area (Å²) in [7, 11) is 0. The van der Waals surface area contributed by atoms with Crippen LogP contribution in [-0.4, -0.2) is 52.2 Å². The van der Waals surface area contributed by atoms with Gasteiger partial charge in [-0.25, -0.2) is 4.68 Å². The van der Waals surface area contributed by atoms with Gasteiger partial charge < -0.3 is 20.6 Å². The maximum atomic E-state index is 9.44. The Morgan fingerprint density at radius 2 is 2.07 bits per heavy atom. The summed E-state index contributed by atoms with van der Waals surface area (Å²) >= 11 is 0. The van der Waals surface area contributed by atoms with E-state index < -0.39 is 0 Å². The van der Waals surface area contributed by atoms with E-state index in [-0.39, 0.29) is 14.1 Å². The topological polar surface area (TPSA) is 78.2 Å². The minimum Gasteiger partial charge on any atom is -0.395 e. The van der Waals surface area contributed by atoms with Crippen molar-refractivity contribution in [3.05, 3.63) is 60.4 Å². The van der Waals surface area contributed by atoms with Crippen LogP contribution in [0.1, 0.15) is 6.99 Å². The van der Waals surface area contributed by atoms with E-state index in [2.05, 4.69) is 50.7 Å². The van der Waals surface area contributed by atoms with Gasteiger partial charge in [0.2, 0.25) is 5.95 Å². The lowest BCUT2D eigenvalue weighted by Crippen LogP contribution is -2.52. The van der Waals surface area contributed by atoms with E-state index >= 15 is 0 Å². The number of para-hydroxylation sites is 1. The Kier molecular flexibility index (Phi) is 5.04. The highest BCUT2D eigenvalue weighted by atomic mass is 16.3. The third kappa shape index (κ3) is 4.10. The maximum absolute atomic E-state index is 9.44. The Bertz CT molecular complexity index is 901. The molecular weight excluding hydrogens is 340 g/mol. The van der Waals surface area contributed by atoms with Crippen LogP contribution in [0.5, 0.6) is 0 Å². The molecule has 27 heavy (non-hydrogen) atoms. The fraction of sp³-hybridized carbons (Fsp3) is 0.300. The average molecular weight is 366 g/mol. The molecule has 7 heteroatoms. The van der Waals surface area contributed by atoms with Gasteiger partial charge in [-0.15, -0.1) is 5.10 Å². The zero-order valence-electron chi connectivity index (χ0n) is 15.3. The lowest BCUT2D eigenvalue weighted by Gasteiger charge is -2.34. The van der Waals surface area contributed by atoms with E-state index in [9.17, 15) is 5.11 Å². The molecule has 3 N–H and O–H groups in total. The highest BCUT2D eigenvalue weighted by Gasteiger charge is 2.19. The van der Waals surface area contributed by atoms with Gasteiger partial charge >= 0.3 is 0 Å². The fourth-order valence-electron chi connectivity index (χ4n) is 3.35. The monoisotopic (exact) mass is 366 g/mol. The van der Waals surface area contributed by atoms with Gasteiger partial charge in [-0.2, -0.15) is 4.98 Å². The Hall–Kier alpha value is -2.90. The predicted molar refractivity (Wildman–Crippen MR) is 109 cm³/mol. The molecule has 1 fully saturated rings. The number of aromatic nitrogens is 3. The lowest BCUT2D eigenvalue weighted by molar-refractivity contribution is 0.235. The average Bonchev–Trinajstić information content (AvgIpc) is 3.17. The van der Waals surface area contributed by atoms with Crippen molar-refractivity contribution in [3.63, 3.8) is 0 Å². The quantitative estimate of drug-likeness (QED) is 0.643. The van der Waals surface area contributed by atoms with Crippen LogP contribution < -0.4 is 15.5 Å². The van der Waals surface area contributed by atoms with Crippen molar-refractivity contribution in [2.75, 3.05) is 36.5 Å². The van der Waals surface area contributed by atoms with Crippen molar-refractivity contribution in [3.8, 4) is 5.69 Å². The number of benzene rings is 2. The molecule has 0 spiro atoms. The highest BCUT2D eigenvalue weighted by Crippen LogP contribution is 2.25. The molecule has 7 nitrogen and oxygen atoms in total. The van der Waals surface area contributed by atoms with E-state index in [0.717, 1.165) is 42.3 Å². The number of aryl methyl sites for hydroxylation is 1. The van der Waals surface area contributed by atoms with Gasteiger partial charge in [0.15, 0.2) is 0 Å². The number of hydrogen-bond acceptors (Lipinski definition) is 6. The Balaban J connectivity index is 0.00000225.